The zero-order valence-corrected chi connectivity index (χ0v) is 13.2. The van der Waals surface area contributed by atoms with Crippen molar-refractivity contribution in [1.82, 2.24) is 10.3 Å². The molecule has 1 aromatic rings. The molecule has 0 aromatic carbocycles. The second-order valence-corrected chi connectivity index (χ2v) is 6.30. The van der Waals surface area contributed by atoms with Crippen molar-refractivity contribution in [3.63, 3.8) is 0 Å². The van der Waals surface area contributed by atoms with Gasteiger partial charge in [0, 0.05) is 11.3 Å². The van der Waals surface area contributed by atoms with Gasteiger partial charge >= 0.3 is 5.97 Å². The van der Waals surface area contributed by atoms with Crippen LogP contribution in [-0.4, -0.2) is 33.4 Å². The van der Waals surface area contributed by atoms with E-state index >= 15 is 0 Å². The Morgan fingerprint density at radius 2 is 2.00 bits per heavy atom. The minimum atomic E-state index is -1.33. The molecule has 2 amide bonds. The highest BCUT2D eigenvalue weighted by atomic mass is 32.1. The van der Waals surface area contributed by atoms with Gasteiger partial charge in [-0.2, -0.15) is 0 Å². The van der Waals surface area contributed by atoms with Crippen molar-refractivity contribution in [2.45, 2.75) is 39.7 Å². The van der Waals surface area contributed by atoms with Crippen molar-refractivity contribution in [3.05, 3.63) is 11.1 Å². The first kappa shape index (κ1) is 17.1. The number of anilines is 1. The van der Waals surface area contributed by atoms with E-state index < -0.39 is 17.4 Å². The Morgan fingerprint density at radius 3 is 2.52 bits per heavy atom. The molecule has 1 heterocycles. The SMILES string of the molecule is CC(C)C(=O)Nc1nc(CC(=O)NC(C)(C)C(=O)O)cs1. The number of nitrogens with one attached hydrogen (secondary N) is 2. The predicted octanol–water partition coefficient (Wildman–Crippen LogP) is 1.26. The maximum Gasteiger partial charge on any atom is 0.328 e. The molecule has 0 unspecified atom stereocenters. The molecular weight excluding hydrogens is 294 g/mol. The molecule has 0 aliphatic carbocycles. The Hall–Kier alpha value is -1.96. The van der Waals surface area contributed by atoms with Gasteiger partial charge in [-0.3, -0.25) is 9.59 Å². The molecule has 7 nitrogen and oxygen atoms in total. The fourth-order valence-electron chi connectivity index (χ4n) is 1.31. The Kier molecular flexibility index (Phi) is 5.42. The van der Waals surface area contributed by atoms with Crippen LogP contribution in [0.25, 0.3) is 0 Å². The first-order valence-electron chi connectivity index (χ1n) is 6.41. The van der Waals surface area contributed by atoms with E-state index in [4.69, 9.17) is 5.11 Å². The average molecular weight is 313 g/mol. The number of carbonyl (C=O) groups excluding carboxylic acids is 2. The van der Waals surface area contributed by atoms with Crippen molar-refractivity contribution in [2.24, 2.45) is 5.92 Å². The lowest BCUT2D eigenvalue weighted by Gasteiger charge is -2.20. The van der Waals surface area contributed by atoms with Crippen molar-refractivity contribution in [1.29, 1.82) is 0 Å². The van der Waals surface area contributed by atoms with Crippen LogP contribution >= 0.6 is 11.3 Å². The Bertz CT molecular complexity index is 551. The second kappa shape index (κ2) is 6.66. The van der Waals surface area contributed by atoms with Gasteiger partial charge in [-0.25, -0.2) is 9.78 Å². The van der Waals surface area contributed by atoms with Crippen LogP contribution in [-0.2, 0) is 20.8 Å². The normalized spacial score (nSPS) is 11.3. The predicted molar refractivity (Wildman–Crippen MR) is 79.1 cm³/mol. The smallest absolute Gasteiger partial charge is 0.328 e. The first-order valence-corrected chi connectivity index (χ1v) is 7.29. The Morgan fingerprint density at radius 1 is 1.38 bits per heavy atom. The number of carboxylic acid groups (broad SMARTS) is 1. The zero-order chi connectivity index (χ0) is 16.2. The minimum Gasteiger partial charge on any atom is -0.480 e. The lowest BCUT2D eigenvalue weighted by Crippen LogP contribution is -2.50. The van der Waals surface area contributed by atoms with Gasteiger partial charge in [-0.1, -0.05) is 13.8 Å². The van der Waals surface area contributed by atoms with Crippen LogP contribution < -0.4 is 10.6 Å². The van der Waals surface area contributed by atoms with E-state index in [9.17, 15) is 14.4 Å². The van der Waals surface area contributed by atoms with E-state index in [0.717, 1.165) is 0 Å². The highest BCUT2D eigenvalue weighted by Crippen LogP contribution is 2.17. The van der Waals surface area contributed by atoms with E-state index in [1.54, 1.807) is 19.2 Å². The molecule has 21 heavy (non-hydrogen) atoms. The molecule has 0 saturated heterocycles. The number of aliphatic carboxylic acids is 1. The Labute approximate surface area is 126 Å². The number of nitrogens with zero attached hydrogens (tertiary/aromatic N) is 1. The minimum absolute atomic E-state index is 0.0369. The summed E-state index contributed by atoms with van der Waals surface area (Å²) in [5.74, 6) is -1.85. The molecule has 1 aromatic heterocycles. The molecule has 0 saturated carbocycles. The van der Waals surface area contributed by atoms with Gasteiger partial charge in [0.2, 0.25) is 11.8 Å². The van der Waals surface area contributed by atoms with E-state index in [1.165, 1.54) is 25.2 Å². The van der Waals surface area contributed by atoms with Gasteiger partial charge in [-0.15, -0.1) is 11.3 Å². The number of carbonyl (C=O) groups is 3. The molecule has 0 aliphatic rings. The summed E-state index contributed by atoms with van der Waals surface area (Å²) in [5.41, 5.74) is -0.848. The summed E-state index contributed by atoms with van der Waals surface area (Å²) >= 11 is 1.22. The third-order valence-electron chi connectivity index (χ3n) is 2.63. The molecule has 0 fully saturated rings. The van der Waals surface area contributed by atoms with Crippen LogP contribution in [0.1, 0.15) is 33.4 Å². The topological polar surface area (TPSA) is 108 Å². The summed E-state index contributed by atoms with van der Waals surface area (Å²) in [7, 11) is 0. The quantitative estimate of drug-likeness (QED) is 0.732. The summed E-state index contributed by atoms with van der Waals surface area (Å²) in [6.45, 7) is 6.35. The summed E-state index contributed by atoms with van der Waals surface area (Å²) in [6.07, 6.45) is -0.0369. The molecule has 116 valence electrons. The van der Waals surface area contributed by atoms with Crippen LogP contribution in [0.15, 0.2) is 5.38 Å². The monoisotopic (exact) mass is 313 g/mol. The van der Waals surface area contributed by atoms with E-state index in [-0.39, 0.29) is 18.2 Å². The van der Waals surface area contributed by atoms with Crippen molar-refractivity contribution < 1.29 is 19.5 Å². The number of carboxylic acids is 1. The molecule has 8 heteroatoms. The fourth-order valence-corrected chi connectivity index (χ4v) is 2.02. The van der Waals surface area contributed by atoms with Crippen LogP contribution in [0.2, 0.25) is 0 Å². The summed E-state index contributed by atoms with van der Waals surface area (Å²) in [6, 6.07) is 0. The van der Waals surface area contributed by atoms with Gasteiger partial charge in [0.25, 0.3) is 0 Å². The molecule has 0 atom stereocenters. The first-order chi connectivity index (χ1) is 9.61. The third kappa shape index (κ3) is 5.14. The van der Waals surface area contributed by atoms with Gasteiger partial charge < -0.3 is 15.7 Å². The maximum atomic E-state index is 11.8. The molecule has 3 N–H and O–H groups in total. The number of hydrogen-bond donors (Lipinski definition) is 3. The Balaban J connectivity index is 2.61. The molecule has 0 radical (unpaired) electrons. The van der Waals surface area contributed by atoms with Gasteiger partial charge in [-0.05, 0) is 13.8 Å². The zero-order valence-electron chi connectivity index (χ0n) is 12.4. The van der Waals surface area contributed by atoms with Crippen LogP contribution in [0.5, 0.6) is 0 Å². The molecule has 0 spiro atoms. The molecule has 0 aliphatic heterocycles. The largest absolute Gasteiger partial charge is 0.480 e. The molecular formula is C13H19N3O4S. The lowest BCUT2D eigenvalue weighted by molar-refractivity contribution is -0.145. The van der Waals surface area contributed by atoms with Crippen molar-refractivity contribution in [2.75, 3.05) is 5.32 Å². The van der Waals surface area contributed by atoms with Gasteiger partial charge in [0.05, 0.1) is 12.1 Å². The number of aromatic nitrogens is 1. The highest BCUT2D eigenvalue weighted by Gasteiger charge is 2.29. The maximum absolute atomic E-state index is 11.8. The number of amides is 2. The average Bonchev–Trinajstić information content (AvgIpc) is 2.74. The van der Waals surface area contributed by atoms with Crippen LogP contribution in [0.4, 0.5) is 5.13 Å². The van der Waals surface area contributed by atoms with E-state index in [1.807, 2.05) is 0 Å². The second-order valence-electron chi connectivity index (χ2n) is 5.44. The van der Waals surface area contributed by atoms with Gasteiger partial charge in [0.1, 0.15) is 5.54 Å². The van der Waals surface area contributed by atoms with Crippen molar-refractivity contribution in [3.8, 4) is 0 Å². The van der Waals surface area contributed by atoms with Gasteiger partial charge in [0.15, 0.2) is 5.13 Å². The lowest BCUT2D eigenvalue weighted by atomic mass is 10.1. The molecule has 0 bridgehead atoms. The van der Waals surface area contributed by atoms with Crippen molar-refractivity contribution >= 4 is 34.3 Å². The van der Waals surface area contributed by atoms with Crippen LogP contribution in [0.3, 0.4) is 0 Å². The number of hydrogen-bond acceptors (Lipinski definition) is 5. The third-order valence-corrected chi connectivity index (χ3v) is 3.44. The number of rotatable bonds is 6. The summed E-state index contributed by atoms with van der Waals surface area (Å²) in [5, 5.41) is 16.1. The fraction of sp³-hybridized carbons (Fsp3) is 0.538. The number of thiazole rings is 1. The van der Waals surface area contributed by atoms with Crippen LogP contribution in [0, 0.1) is 5.92 Å². The summed E-state index contributed by atoms with van der Waals surface area (Å²) in [4.78, 5) is 38.3. The molecule has 1 rings (SSSR count). The van der Waals surface area contributed by atoms with E-state index in [2.05, 4.69) is 15.6 Å². The standard InChI is InChI=1S/C13H19N3O4S/c1-7(2)10(18)15-12-14-8(6-21-12)5-9(17)16-13(3,4)11(19)20/h6-7H,5H2,1-4H3,(H,16,17)(H,19,20)(H,14,15,18). The summed E-state index contributed by atoms with van der Waals surface area (Å²) < 4.78 is 0. The van der Waals surface area contributed by atoms with E-state index in [0.29, 0.717) is 10.8 Å². The highest BCUT2D eigenvalue weighted by molar-refractivity contribution is 7.13.